The molecule has 0 spiro atoms. The second kappa shape index (κ2) is 19.6. The summed E-state index contributed by atoms with van der Waals surface area (Å²) in [5.74, 6) is -4.48. The molecule has 248 valence electrons. The molecule has 0 saturated carbocycles. The number of carbonyl (C=O) groups is 4. The van der Waals surface area contributed by atoms with E-state index in [-0.39, 0.29) is 133 Å². The molecule has 0 aromatic heterocycles. The molecule has 0 bridgehead atoms. The van der Waals surface area contributed by atoms with E-state index in [1.54, 1.807) is 13.8 Å². The topological polar surface area (TPSA) is 337 Å². The van der Waals surface area contributed by atoms with Crippen molar-refractivity contribution in [2.24, 2.45) is 11.8 Å². The number of aliphatic carboxylic acids is 2. The van der Waals surface area contributed by atoms with Gasteiger partial charge in [0.25, 0.3) is 0 Å². The van der Waals surface area contributed by atoms with Crippen LogP contribution in [0.1, 0.15) is 39.5 Å². The van der Waals surface area contributed by atoms with Gasteiger partial charge in [-0.25, -0.2) is 0 Å². The predicted molar refractivity (Wildman–Crippen MR) is 147 cm³/mol. The normalized spacial score (nSPS) is 29.9. The van der Waals surface area contributed by atoms with Crippen LogP contribution in [-0.2, 0) is 28.7 Å². The molecule has 17 nitrogen and oxygen atoms in total. The summed E-state index contributed by atoms with van der Waals surface area (Å²) in [6.07, 6.45) is 1.19. The predicted octanol–water partition coefficient (Wildman–Crippen LogP) is -12.0. The number of aliphatic hydroxyl groups excluding tert-OH is 2. The summed E-state index contributed by atoms with van der Waals surface area (Å²) in [7, 11) is 0. The zero-order valence-corrected chi connectivity index (χ0v) is 30.9. The molecular weight excluding hydrogens is 666 g/mol. The number of carboxylic acid groups (broad SMARTS) is 2. The Morgan fingerprint density at radius 3 is 1.27 bits per heavy atom. The summed E-state index contributed by atoms with van der Waals surface area (Å²) in [5.41, 5.74) is -0.132. The van der Waals surface area contributed by atoms with E-state index in [4.69, 9.17) is 9.47 Å². The molecule has 6 aliphatic rings. The summed E-state index contributed by atoms with van der Waals surface area (Å²) in [6, 6.07) is 0. The SMILES string of the molecule is C[C@@H](O)C1C(=O)N2C(C(=O)[O-])=C([C@H]3CCCO3)SC12.C[C@@H](O)[C@H]1C(=O)N2C(C(=O)[O-])=C([C@H]3CCCO3)S[C@H]12.O.O.O.O.O.[Na+].[Na+]. The number of β-lactam (4-membered cyclic amide) rings is 2. The minimum atomic E-state index is -1.35. The first-order chi connectivity index (χ1) is 18.0. The van der Waals surface area contributed by atoms with Gasteiger partial charge in [-0.15, -0.1) is 0 Å². The fraction of sp³-hybridized carbons (Fsp3) is 0.667. The van der Waals surface area contributed by atoms with Gasteiger partial charge in [-0.1, -0.05) is 23.5 Å². The van der Waals surface area contributed by atoms with Gasteiger partial charge in [0.15, 0.2) is 0 Å². The van der Waals surface area contributed by atoms with Crippen molar-refractivity contribution < 1.29 is 136 Å². The third-order valence-electron chi connectivity index (χ3n) is 7.48. The molecular formula is C24H38N2Na2O15S2. The first-order valence-electron chi connectivity index (χ1n) is 12.5. The molecule has 6 heterocycles. The average molecular weight is 705 g/mol. The molecule has 0 aromatic rings. The third-order valence-corrected chi connectivity index (χ3v) is 10.4. The van der Waals surface area contributed by atoms with E-state index in [9.17, 15) is 39.6 Å². The average Bonchev–Trinajstić information content (AvgIpc) is 3.61. The van der Waals surface area contributed by atoms with Crippen molar-refractivity contribution >= 4 is 47.3 Å². The minimum absolute atomic E-state index is 0. The number of fused-ring (bicyclic) bond motifs is 2. The smallest absolute Gasteiger partial charge is 0.543 e. The van der Waals surface area contributed by atoms with Gasteiger partial charge in [0.2, 0.25) is 11.8 Å². The third kappa shape index (κ3) is 8.66. The van der Waals surface area contributed by atoms with Crippen molar-refractivity contribution in [3.63, 3.8) is 0 Å². The second-order valence-electron chi connectivity index (χ2n) is 9.97. The second-order valence-corrected chi connectivity index (χ2v) is 12.3. The van der Waals surface area contributed by atoms with Crippen molar-refractivity contribution in [1.29, 1.82) is 0 Å². The molecule has 6 rings (SSSR count). The number of hydrogen-bond donors (Lipinski definition) is 2. The first-order valence-corrected chi connectivity index (χ1v) is 14.3. The van der Waals surface area contributed by atoms with Crippen LogP contribution in [0.5, 0.6) is 0 Å². The Kier molecular flexibility index (Phi) is 21.4. The van der Waals surface area contributed by atoms with E-state index in [1.807, 2.05) is 0 Å². The monoisotopic (exact) mass is 704 g/mol. The summed E-state index contributed by atoms with van der Waals surface area (Å²) in [4.78, 5) is 50.1. The number of rotatable bonds is 6. The van der Waals surface area contributed by atoms with Gasteiger partial charge >= 0.3 is 59.1 Å². The maximum Gasteiger partial charge on any atom is 1.00 e. The van der Waals surface area contributed by atoms with E-state index >= 15 is 0 Å². The molecule has 6 aliphatic heterocycles. The van der Waals surface area contributed by atoms with Gasteiger partial charge in [-0.2, -0.15) is 0 Å². The van der Waals surface area contributed by atoms with Crippen molar-refractivity contribution in [3.8, 4) is 0 Å². The number of nitrogens with zero attached hydrogens (tertiary/aromatic N) is 2. The molecule has 21 heteroatoms. The van der Waals surface area contributed by atoms with Crippen LogP contribution in [0.15, 0.2) is 21.2 Å². The van der Waals surface area contributed by atoms with Crippen LogP contribution in [0.4, 0.5) is 0 Å². The van der Waals surface area contributed by atoms with Gasteiger partial charge in [0.05, 0.1) is 59.6 Å². The van der Waals surface area contributed by atoms with Gasteiger partial charge in [0, 0.05) is 23.0 Å². The molecule has 2 amide bonds. The Hall–Kier alpha value is -0.300. The molecule has 0 radical (unpaired) electrons. The first kappa shape index (κ1) is 49.1. The van der Waals surface area contributed by atoms with Gasteiger partial charge in [-0.05, 0) is 39.5 Å². The van der Waals surface area contributed by atoms with Crippen LogP contribution in [0.2, 0.25) is 0 Å². The summed E-state index contributed by atoms with van der Waals surface area (Å²) in [5, 5.41) is 41.1. The molecule has 0 aliphatic carbocycles. The Balaban J connectivity index is -0.000000678. The quantitative estimate of drug-likeness (QED) is 0.192. The number of thioether (sulfide) groups is 2. The summed E-state index contributed by atoms with van der Waals surface area (Å²) >= 11 is 2.63. The van der Waals surface area contributed by atoms with Crippen molar-refractivity contribution in [3.05, 3.63) is 21.2 Å². The summed E-state index contributed by atoms with van der Waals surface area (Å²) < 4.78 is 11.0. The van der Waals surface area contributed by atoms with Crippen LogP contribution in [0.3, 0.4) is 0 Å². The van der Waals surface area contributed by atoms with Crippen molar-refractivity contribution in [2.45, 2.75) is 74.7 Å². The maximum atomic E-state index is 11.9. The van der Waals surface area contributed by atoms with Crippen molar-refractivity contribution in [1.82, 2.24) is 9.80 Å². The van der Waals surface area contributed by atoms with Gasteiger partial charge in [-0.3, -0.25) is 19.4 Å². The van der Waals surface area contributed by atoms with E-state index in [2.05, 4.69) is 0 Å². The molecule has 8 atom stereocenters. The zero-order chi connectivity index (χ0) is 27.5. The van der Waals surface area contributed by atoms with Crippen LogP contribution >= 0.6 is 23.5 Å². The Labute approximate surface area is 311 Å². The molecule has 12 N–H and O–H groups in total. The molecule has 0 aromatic carbocycles. The fourth-order valence-electron chi connectivity index (χ4n) is 5.62. The number of carbonyl (C=O) groups excluding carboxylic acids is 4. The Morgan fingerprint density at radius 2 is 1.04 bits per heavy atom. The largest absolute Gasteiger partial charge is 1.00 e. The van der Waals surface area contributed by atoms with Gasteiger partial charge in [0.1, 0.15) is 10.7 Å². The molecule has 45 heavy (non-hydrogen) atoms. The molecule has 4 saturated heterocycles. The van der Waals surface area contributed by atoms with Crippen LogP contribution in [0, 0.1) is 11.8 Å². The van der Waals surface area contributed by atoms with E-state index in [0.717, 1.165) is 25.7 Å². The number of ether oxygens (including phenoxy) is 2. The minimum Gasteiger partial charge on any atom is -0.543 e. The fourth-order valence-corrected chi connectivity index (χ4v) is 9.01. The van der Waals surface area contributed by atoms with E-state index in [1.165, 1.54) is 33.3 Å². The van der Waals surface area contributed by atoms with Gasteiger partial charge < -0.3 is 66.9 Å². The molecule has 4 fully saturated rings. The Morgan fingerprint density at radius 1 is 0.733 bits per heavy atom. The van der Waals surface area contributed by atoms with Crippen LogP contribution < -0.4 is 69.3 Å². The molecule has 2 unspecified atom stereocenters. The zero-order valence-electron chi connectivity index (χ0n) is 25.2. The number of aliphatic hydroxyl groups is 2. The maximum absolute atomic E-state index is 11.9. The number of amides is 2. The number of carboxylic acids is 2. The number of hydrogen-bond acceptors (Lipinski definition) is 12. The standard InChI is InChI=1S/2C12H15NO5S.2Na.5H2O/c2*1-5(14)7-10(15)13-8(12(16)17)9(19-11(7)13)6-3-2-4-18-6;;;;;;;/h2*5-7,11,14H,2-4H2,1H3,(H,16,17);;;5*1H2/q;;2*+1;;;;;/p-2/t5-,6-,7?,11?;5-,6-,7+,11-;;;;;;;/m11......./s1. The van der Waals surface area contributed by atoms with Crippen LogP contribution in [0.25, 0.3) is 0 Å². The van der Waals surface area contributed by atoms with E-state index in [0.29, 0.717) is 23.0 Å². The van der Waals surface area contributed by atoms with E-state index < -0.39 is 36.0 Å². The van der Waals surface area contributed by atoms with Crippen LogP contribution in [-0.4, -0.2) is 120 Å². The summed E-state index contributed by atoms with van der Waals surface area (Å²) in [6.45, 7) is 4.30. The van der Waals surface area contributed by atoms with Crippen molar-refractivity contribution in [2.75, 3.05) is 13.2 Å². The Bertz CT molecular complexity index is 1040.